The summed E-state index contributed by atoms with van der Waals surface area (Å²) in [5.74, 6) is -0.841. The van der Waals surface area contributed by atoms with E-state index in [2.05, 4.69) is 5.32 Å². The minimum absolute atomic E-state index is 0.0726. The average Bonchev–Trinajstić information content (AvgIpc) is 2.84. The fourth-order valence-corrected chi connectivity index (χ4v) is 4.75. The first-order chi connectivity index (χ1) is 17.5. The van der Waals surface area contributed by atoms with E-state index in [0.29, 0.717) is 22.2 Å². The zero-order valence-corrected chi connectivity index (χ0v) is 19.5. The number of hydrogen-bond acceptors (Lipinski definition) is 5. The molecule has 4 amide bonds. The molecule has 0 radical (unpaired) electrons. The lowest BCUT2D eigenvalue weighted by atomic mass is 9.83. The fourth-order valence-electron chi connectivity index (χ4n) is 4.75. The summed E-state index contributed by atoms with van der Waals surface area (Å²) in [4.78, 5) is 54.9. The minimum Gasteiger partial charge on any atom is -0.423 e. The highest BCUT2D eigenvalue weighted by Gasteiger charge is 2.60. The second-order valence-electron chi connectivity index (χ2n) is 8.99. The zero-order valence-electron chi connectivity index (χ0n) is 19.5. The van der Waals surface area contributed by atoms with Gasteiger partial charge in [-0.3, -0.25) is 9.59 Å². The van der Waals surface area contributed by atoms with Crippen molar-refractivity contribution in [3.05, 3.63) is 76.1 Å². The molecule has 2 aliphatic rings. The van der Waals surface area contributed by atoms with Crippen molar-refractivity contribution in [3.8, 4) is 0 Å². The molecule has 1 aromatic heterocycles. The molecule has 12 heteroatoms. The SMILES string of the molecule is CNC(=O)N1CC2(C1)C(=O)N(c1ccc3oc(=O)ccc3c1)CC(=O)N2Cc1ccc(C(F)(F)F)cc1. The van der Waals surface area contributed by atoms with Crippen LogP contribution in [0, 0.1) is 0 Å². The molecule has 2 aliphatic heterocycles. The number of rotatable bonds is 3. The summed E-state index contributed by atoms with van der Waals surface area (Å²) in [6, 6.07) is 11.5. The smallest absolute Gasteiger partial charge is 0.416 e. The summed E-state index contributed by atoms with van der Waals surface area (Å²) in [5, 5.41) is 3.04. The molecule has 3 heterocycles. The third-order valence-corrected chi connectivity index (χ3v) is 6.70. The predicted molar refractivity (Wildman–Crippen MR) is 126 cm³/mol. The number of amides is 4. The van der Waals surface area contributed by atoms with Crippen LogP contribution in [-0.4, -0.2) is 59.9 Å². The van der Waals surface area contributed by atoms with E-state index in [1.54, 1.807) is 18.2 Å². The van der Waals surface area contributed by atoms with E-state index in [-0.39, 0.29) is 26.2 Å². The Kier molecular flexibility index (Phi) is 5.69. The number of benzene rings is 2. The molecule has 0 atom stereocenters. The molecule has 2 saturated heterocycles. The van der Waals surface area contributed by atoms with Crippen molar-refractivity contribution >= 4 is 34.5 Å². The van der Waals surface area contributed by atoms with E-state index < -0.39 is 40.7 Å². The van der Waals surface area contributed by atoms with Crippen molar-refractivity contribution in [2.75, 3.05) is 31.6 Å². The topological polar surface area (TPSA) is 103 Å². The molecule has 0 unspecified atom stereocenters. The van der Waals surface area contributed by atoms with E-state index in [1.165, 1.54) is 46.0 Å². The Morgan fingerprint density at radius 1 is 1.03 bits per heavy atom. The number of likely N-dealkylation sites (tertiary alicyclic amines) is 1. The molecule has 1 spiro atoms. The maximum absolute atomic E-state index is 13.9. The number of piperazine rings is 1. The van der Waals surface area contributed by atoms with E-state index >= 15 is 0 Å². The Hall–Kier alpha value is -4.35. The normalized spacial score (nSPS) is 17.4. The molecular weight excluding hydrogens is 493 g/mol. The number of nitrogens with one attached hydrogen (secondary N) is 1. The Labute approximate surface area is 208 Å². The number of anilines is 1. The lowest BCUT2D eigenvalue weighted by Crippen LogP contribution is -2.81. The van der Waals surface area contributed by atoms with Crippen LogP contribution in [0.15, 0.2) is 63.8 Å². The van der Waals surface area contributed by atoms with Gasteiger partial charge in [0.05, 0.1) is 18.7 Å². The average molecular weight is 514 g/mol. The molecule has 192 valence electrons. The van der Waals surface area contributed by atoms with Gasteiger partial charge in [0.1, 0.15) is 12.1 Å². The molecule has 37 heavy (non-hydrogen) atoms. The van der Waals surface area contributed by atoms with Crippen molar-refractivity contribution in [2.24, 2.45) is 0 Å². The maximum atomic E-state index is 13.9. The summed E-state index contributed by atoms with van der Waals surface area (Å²) in [6.07, 6.45) is -4.50. The highest BCUT2D eigenvalue weighted by atomic mass is 19.4. The minimum atomic E-state index is -4.50. The summed E-state index contributed by atoms with van der Waals surface area (Å²) in [7, 11) is 1.45. The predicted octanol–water partition coefficient (Wildman–Crippen LogP) is 2.58. The zero-order chi connectivity index (χ0) is 26.5. The molecule has 1 N–H and O–H groups in total. The lowest BCUT2D eigenvalue weighted by molar-refractivity contribution is -0.161. The summed E-state index contributed by atoms with van der Waals surface area (Å²) >= 11 is 0. The van der Waals surface area contributed by atoms with Gasteiger partial charge in [-0.05, 0) is 42.0 Å². The highest BCUT2D eigenvalue weighted by molar-refractivity contribution is 6.11. The number of alkyl halides is 3. The molecule has 0 bridgehead atoms. The Morgan fingerprint density at radius 2 is 1.73 bits per heavy atom. The maximum Gasteiger partial charge on any atom is 0.416 e. The van der Waals surface area contributed by atoms with Gasteiger partial charge in [0.25, 0.3) is 5.91 Å². The Balaban J connectivity index is 1.48. The molecular formula is C25H21F3N4O5. The van der Waals surface area contributed by atoms with Crippen molar-refractivity contribution in [1.82, 2.24) is 15.1 Å². The van der Waals surface area contributed by atoms with Crippen LogP contribution >= 0.6 is 0 Å². The van der Waals surface area contributed by atoms with Crippen LogP contribution in [0.1, 0.15) is 11.1 Å². The Bertz CT molecular complexity index is 1460. The quantitative estimate of drug-likeness (QED) is 0.542. The van der Waals surface area contributed by atoms with E-state index in [9.17, 15) is 32.3 Å². The van der Waals surface area contributed by atoms with Crippen LogP contribution in [0.5, 0.6) is 0 Å². The van der Waals surface area contributed by atoms with Gasteiger partial charge in [-0.1, -0.05) is 12.1 Å². The van der Waals surface area contributed by atoms with Crippen LogP contribution in [0.4, 0.5) is 23.7 Å². The third-order valence-electron chi connectivity index (χ3n) is 6.70. The summed E-state index contributed by atoms with van der Waals surface area (Å²) < 4.78 is 44.1. The van der Waals surface area contributed by atoms with Crippen LogP contribution in [0.25, 0.3) is 11.0 Å². The number of urea groups is 1. The van der Waals surface area contributed by atoms with Crippen molar-refractivity contribution < 1.29 is 32.0 Å². The molecule has 0 aliphatic carbocycles. The first-order valence-corrected chi connectivity index (χ1v) is 11.3. The van der Waals surface area contributed by atoms with Gasteiger partial charge in [0.2, 0.25) is 5.91 Å². The van der Waals surface area contributed by atoms with Gasteiger partial charge < -0.3 is 24.4 Å². The van der Waals surface area contributed by atoms with Crippen LogP contribution < -0.4 is 15.8 Å². The van der Waals surface area contributed by atoms with Gasteiger partial charge in [0, 0.05) is 30.7 Å². The first-order valence-electron chi connectivity index (χ1n) is 11.3. The molecule has 0 saturated carbocycles. The number of carbonyl (C=O) groups is 3. The van der Waals surface area contributed by atoms with Gasteiger partial charge in [-0.25, -0.2) is 9.59 Å². The fraction of sp³-hybridized carbons (Fsp3) is 0.280. The molecule has 5 rings (SSSR count). The monoisotopic (exact) mass is 514 g/mol. The van der Waals surface area contributed by atoms with Crippen LogP contribution in [0.3, 0.4) is 0 Å². The summed E-state index contributed by atoms with van der Waals surface area (Å²) in [5.41, 5.74) is -1.58. The third kappa shape index (κ3) is 4.17. The van der Waals surface area contributed by atoms with Crippen molar-refractivity contribution in [2.45, 2.75) is 18.3 Å². The molecule has 2 fully saturated rings. The Morgan fingerprint density at radius 3 is 2.38 bits per heavy atom. The first kappa shape index (κ1) is 24.3. The number of carbonyl (C=O) groups excluding carboxylic acids is 3. The van der Waals surface area contributed by atoms with Crippen molar-refractivity contribution in [3.63, 3.8) is 0 Å². The van der Waals surface area contributed by atoms with E-state index in [4.69, 9.17) is 4.42 Å². The number of halogens is 3. The second kappa shape index (κ2) is 8.64. The molecule has 9 nitrogen and oxygen atoms in total. The standard InChI is InChI=1S/C25H21F3N4O5/c1-29-23(36)30-13-24(14-30)22(35)31(18-7-8-19-16(10-18)4-9-21(34)37-19)12-20(33)32(24)11-15-2-5-17(6-3-15)25(26,27)28/h2-10H,11-14H2,1H3,(H,29,36). The second-order valence-corrected chi connectivity index (χ2v) is 8.99. The summed E-state index contributed by atoms with van der Waals surface area (Å²) in [6.45, 7) is -0.543. The van der Waals surface area contributed by atoms with E-state index in [1.807, 2.05) is 0 Å². The van der Waals surface area contributed by atoms with Gasteiger partial charge >= 0.3 is 17.8 Å². The van der Waals surface area contributed by atoms with Crippen LogP contribution in [-0.2, 0) is 22.3 Å². The van der Waals surface area contributed by atoms with Gasteiger partial charge in [-0.15, -0.1) is 0 Å². The van der Waals surface area contributed by atoms with Crippen LogP contribution in [0.2, 0.25) is 0 Å². The van der Waals surface area contributed by atoms with Crippen molar-refractivity contribution in [1.29, 1.82) is 0 Å². The number of nitrogens with zero attached hydrogens (tertiary/aromatic N) is 3. The van der Waals surface area contributed by atoms with E-state index in [0.717, 1.165) is 12.1 Å². The highest BCUT2D eigenvalue weighted by Crippen LogP contribution is 2.37. The molecule has 3 aromatic rings. The number of fused-ring (bicyclic) bond motifs is 1. The largest absolute Gasteiger partial charge is 0.423 e. The van der Waals surface area contributed by atoms with Gasteiger partial charge in [0.15, 0.2) is 5.54 Å². The van der Waals surface area contributed by atoms with Gasteiger partial charge in [-0.2, -0.15) is 13.2 Å². The number of hydrogen-bond donors (Lipinski definition) is 1. The molecule has 2 aromatic carbocycles. The lowest BCUT2D eigenvalue weighted by Gasteiger charge is -2.57.